The van der Waals surface area contributed by atoms with E-state index < -0.39 is 0 Å². The van der Waals surface area contributed by atoms with Crippen molar-refractivity contribution >= 4 is 23.2 Å². The summed E-state index contributed by atoms with van der Waals surface area (Å²) in [5.74, 6) is 0.429. The Hall–Kier alpha value is -2.04. The van der Waals surface area contributed by atoms with E-state index in [0.717, 1.165) is 25.2 Å². The van der Waals surface area contributed by atoms with Gasteiger partial charge in [-0.3, -0.25) is 4.79 Å². The first-order chi connectivity index (χ1) is 11.9. The highest BCUT2D eigenvalue weighted by Gasteiger charge is 2.18. The molecule has 0 aromatic heterocycles. The molecule has 5 heteroatoms. The Kier molecular flexibility index (Phi) is 5.30. The molecular weight excluding hydrogens is 336 g/mol. The van der Waals surface area contributed by atoms with E-state index in [2.05, 4.69) is 23.3 Å². The summed E-state index contributed by atoms with van der Waals surface area (Å²) in [5.41, 5.74) is 3.89. The molecule has 0 saturated heterocycles. The molecule has 2 aromatic rings. The fourth-order valence-corrected chi connectivity index (χ4v) is 3.28. The normalized spacial score (nSPS) is 14.3. The molecule has 132 valence electrons. The van der Waals surface area contributed by atoms with E-state index in [4.69, 9.17) is 16.3 Å². The minimum Gasteiger partial charge on any atom is -0.489 e. The van der Waals surface area contributed by atoms with E-state index in [1.54, 1.807) is 18.2 Å². The summed E-state index contributed by atoms with van der Waals surface area (Å²) in [7, 11) is 2.11. The van der Waals surface area contributed by atoms with Crippen LogP contribution >= 0.6 is 11.6 Å². The predicted molar refractivity (Wildman–Crippen MR) is 102 cm³/mol. The Balaban J connectivity index is 1.79. The van der Waals surface area contributed by atoms with Crippen molar-refractivity contribution in [2.45, 2.75) is 32.9 Å². The summed E-state index contributed by atoms with van der Waals surface area (Å²) in [5, 5.41) is 3.47. The monoisotopic (exact) mass is 358 g/mol. The van der Waals surface area contributed by atoms with Crippen molar-refractivity contribution in [3.8, 4) is 5.75 Å². The number of hydrogen-bond acceptors (Lipinski definition) is 3. The smallest absolute Gasteiger partial charge is 0.255 e. The van der Waals surface area contributed by atoms with Crippen molar-refractivity contribution < 1.29 is 9.53 Å². The topological polar surface area (TPSA) is 41.6 Å². The number of rotatable bonds is 4. The molecule has 0 saturated carbocycles. The van der Waals surface area contributed by atoms with Gasteiger partial charge in [0.25, 0.3) is 5.91 Å². The van der Waals surface area contributed by atoms with Crippen LogP contribution in [0, 0.1) is 0 Å². The number of anilines is 1. The number of hydrogen-bond donors (Lipinski definition) is 1. The van der Waals surface area contributed by atoms with Crippen molar-refractivity contribution in [2.75, 3.05) is 18.9 Å². The molecule has 2 aromatic carbocycles. The lowest BCUT2D eigenvalue weighted by atomic mass is 9.98. The molecule has 0 bridgehead atoms. The Bertz CT molecular complexity index is 789. The number of amides is 1. The molecule has 0 unspecified atom stereocenters. The highest BCUT2D eigenvalue weighted by atomic mass is 35.5. The summed E-state index contributed by atoms with van der Waals surface area (Å²) in [6.07, 6.45) is 0.968. The zero-order chi connectivity index (χ0) is 18.0. The first-order valence-electron chi connectivity index (χ1n) is 8.51. The van der Waals surface area contributed by atoms with E-state index in [0.29, 0.717) is 16.3 Å². The number of likely N-dealkylation sites (N-methyl/N-ethyl adjacent to an activating group) is 1. The Morgan fingerprint density at radius 2 is 2.08 bits per heavy atom. The molecular formula is C20H23ClN2O2. The summed E-state index contributed by atoms with van der Waals surface area (Å²) >= 11 is 6.24. The molecule has 0 atom stereocenters. The first-order valence-corrected chi connectivity index (χ1v) is 8.88. The van der Waals surface area contributed by atoms with E-state index in [-0.39, 0.29) is 12.0 Å². The molecule has 1 amide bonds. The number of nitrogens with one attached hydrogen (secondary N) is 1. The van der Waals surface area contributed by atoms with Gasteiger partial charge in [0, 0.05) is 24.3 Å². The standard InChI is InChI=1S/C20H23ClN2O2/c1-13(2)25-19-8-7-14(11-17(19)21)20(24)22-18-6-4-5-15-12-23(3)10-9-16(15)18/h4-8,11,13H,9-10,12H2,1-3H3,(H,22,24). The average Bonchev–Trinajstić information content (AvgIpc) is 2.56. The number of benzene rings is 2. The fourth-order valence-electron chi connectivity index (χ4n) is 3.05. The number of halogens is 1. The third-order valence-corrected chi connectivity index (χ3v) is 4.56. The van der Waals surface area contributed by atoms with Crippen molar-refractivity contribution in [3.63, 3.8) is 0 Å². The SMILES string of the molecule is CC(C)Oc1ccc(C(=O)Nc2cccc3c2CCN(C)C3)cc1Cl. The molecule has 0 fully saturated rings. The summed E-state index contributed by atoms with van der Waals surface area (Å²) < 4.78 is 5.61. The molecule has 1 aliphatic heterocycles. The van der Waals surface area contributed by atoms with Gasteiger partial charge >= 0.3 is 0 Å². The van der Waals surface area contributed by atoms with Gasteiger partial charge in [-0.25, -0.2) is 0 Å². The van der Waals surface area contributed by atoms with Gasteiger partial charge in [-0.1, -0.05) is 23.7 Å². The van der Waals surface area contributed by atoms with Gasteiger partial charge in [0.2, 0.25) is 0 Å². The number of carbonyl (C=O) groups excluding carboxylic acids is 1. The van der Waals surface area contributed by atoms with Crippen LogP contribution in [-0.2, 0) is 13.0 Å². The van der Waals surface area contributed by atoms with Crippen molar-refractivity contribution in [1.29, 1.82) is 0 Å². The number of carbonyl (C=O) groups is 1. The molecule has 4 nitrogen and oxygen atoms in total. The highest BCUT2D eigenvalue weighted by Crippen LogP contribution is 2.28. The van der Waals surface area contributed by atoms with Crippen LogP contribution in [0.4, 0.5) is 5.69 Å². The number of nitrogens with zero attached hydrogens (tertiary/aromatic N) is 1. The molecule has 0 aliphatic carbocycles. The second kappa shape index (κ2) is 7.46. The van der Waals surface area contributed by atoms with Crippen LogP contribution < -0.4 is 10.1 Å². The first kappa shape index (κ1) is 17.8. The Labute approximate surface area is 153 Å². The van der Waals surface area contributed by atoms with Crippen LogP contribution in [0.3, 0.4) is 0 Å². The maximum Gasteiger partial charge on any atom is 0.255 e. The second-order valence-electron chi connectivity index (χ2n) is 6.70. The van der Waals surface area contributed by atoms with Crippen LogP contribution in [0.25, 0.3) is 0 Å². The van der Waals surface area contributed by atoms with Gasteiger partial charge in [0.15, 0.2) is 0 Å². The predicted octanol–water partition coefficient (Wildman–Crippen LogP) is 4.37. The van der Waals surface area contributed by atoms with Gasteiger partial charge < -0.3 is 15.0 Å². The largest absolute Gasteiger partial charge is 0.489 e. The minimum absolute atomic E-state index is 0.0335. The van der Waals surface area contributed by atoms with E-state index in [1.807, 2.05) is 26.0 Å². The second-order valence-corrected chi connectivity index (χ2v) is 7.10. The maximum atomic E-state index is 12.6. The zero-order valence-corrected chi connectivity index (χ0v) is 15.6. The van der Waals surface area contributed by atoms with Gasteiger partial charge in [-0.05, 0) is 62.7 Å². The maximum absolute atomic E-state index is 12.6. The Morgan fingerprint density at radius 1 is 1.28 bits per heavy atom. The number of fused-ring (bicyclic) bond motifs is 1. The van der Waals surface area contributed by atoms with E-state index >= 15 is 0 Å². The van der Waals surface area contributed by atoms with Crippen LogP contribution in [-0.4, -0.2) is 30.5 Å². The molecule has 3 rings (SSSR count). The molecule has 25 heavy (non-hydrogen) atoms. The molecule has 1 heterocycles. The van der Waals surface area contributed by atoms with Gasteiger partial charge in [0.1, 0.15) is 5.75 Å². The van der Waals surface area contributed by atoms with Crippen LogP contribution in [0.2, 0.25) is 5.02 Å². The molecule has 0 radical (unpaired) electrons. The van der Waals surface area contributed by atoms with Crippen molar-refractivity contribution in [2.24, 2.45) is 0 Å². The lowest BCUT2D eigenvalue weighted by molar-refractivity contribution is 0.102. The molecule has 0 spiro atoms. The van der Waals surface area contributed by atoms with Crippen molar-refractivity contribution in [3.05, 3.63) is 58.1 Å². The molecule has 1 N–H and O–H groups in total. The van der Waals surface area contributed by atoms with E-state index in [9.17, 15) is 4.79 Å². The highest BCUT2D eigenvalue weighted by molar-refractivity contribution is 6.32. The zero-order valence-electron chi connectivity index (χ0n) is 14.8. The van der Waals surface area contributed by atoms with Crippen molar-refractivity contribution in [1.82, 2.24) is 4.90 Å². The van der Waals surface area contributed by atoms with Crippen LogP contribution in [0.1, 0.15) is 35.3 Å². The third-order valence-electron chi connectivity index (χ3n) is 4.26. The fraction of sp³-hybridized carbons (Fsp3) is 0.350. The van der Waals surface area contributed by atoms with Gasteiger partial charge in [0.05, 0.1) is 11.1 Å². The summed E-state index contributed by atoms with van der Waals surface area (Å²) in [6.45, 7) is 5.78. The quantitative estimate of drug-likeness (QED) is 0.882. The summed E-state index contributed by atoms with van der Waals surface area (Å²) in [4.78, 5) is 14.9. The van der Waals surface area contributed by atoms with Gasteiger partial charge in [-0.2, -0.15) is 0 Å². The lowest BCUT2D eigenvalue weighted by Crippen LogP contribution is -2.27. The Morgan fingerprint density at radius 3 is 2.80 bits per heavy atom. The average molecular weight is 359 g/mol. The molecule has 1 aliphatic rings. The minimum atomic E-state index is -0.162. The summed E-state index contributed by atoms with van der Waals surface area (Å²) in [6, 6.07) is 11.2. The van der Waals surface area contributed by atoms with Crippen LogP contribution in [0.5, 0.6) is 5.75 Å². The van der Waals surface area contributed by atoms with Gasteiger partial charge in [-0.15, -0.1) is 0 Å². The van der Waals surface area contributed by atoms with E-state index in [1.165, 1.54) is 11.1 Å². The number of ether oxygens (including phenoxy) is 1. The lowest BCUT2D eigenvalue weighted by Gasteiger charge is -2.26. The third kappa shape index (κ3) is 4.14. The van der Waals surface area contributed by atoms with Crippen LogP contribution in [0.15, 0.2) is 36.4 Å².